The molecule has 0 amide bonds. The number of aromatic hydroxyl groups is 1. The highest BCUT2D eigenvalue weighted by Gasteiger charge is 2.03. The number of halogens is 2. The van der Waals surface area contributed by atoms with Gasteiger partial charge in [0, 0.05) is 20.1 Å². The molecule has 0 fully saturated rings. The van der Waals surface area contributed by atoms with Gasteiger partial charge < -0.3 is 20.5 Å². The summed E-state index contributed by atoms with van der Waals surface area (Å²) in [6.45, 7) is 1.13. The number of phenols is 1. The lowest BCUT2D eigenvalue weighted by molar-refractivity contribution is 0.414. The van der Waals surface area contributed by atoms with E-state index < -0.39 is 5.82 Å². The zero-order valence-corrected chi connectivity index (χ0v) is 16.6. The molecular weight excluding hydrogens is 436 g/mol. The second-order valence-electron chi connectivity index (χ2n) is 5.24. The smallest absolute Gasteiger partial charge is 0.191 e. The van der Waals surface area contributed by atoms with Crippen molar-refractivity contribution in [1.29, 1.82) is 0 Å². The number of ether oxygens (including phenoxy) is 1. The third kappa shape index (κ3) is 6.77. The van der Waals surface area contributed by atoms with Crippen molar-refractivity contribution in [3.63, 3.8) is 0 Å². The third-order valence-electron chi connectivity index (χ3n) is 3.56. The second-order valence-corrected chi connectivity index (χ2v) is 5.24. The predicted octanol–water partition coefficient (Wildman–Crippen LogP) is 3.07. The van der Waals surface area contributed by atoms with E-state index in [4.69, 9.17) is 4.74 Å². The van der Waals surface area contributed by atoms with Crippen LogP contribution in [0.5, 0.6) is 11.5 Å². The summed E-state index contributed by atoms with van der Waals surface area (Å²) in [6.07, 6.45) is 0.846. The molecule has 0 aliphatic carbocycles. The number of benzene rings is 2. The van der Waals surface area contributed by atoms with Gasteiger partial charge in [0.05, 0.1) is 7.11 Å². The summed E-state index contributed by atoms with van der Waals surface area (Å²) >= 11 is 0. The zero-order chi connectivity index (χ0) is 17.4. The van der Waals surface area contributed by atoms with E-state index in [0.717, 1.165) is 24.3 Å². The SMILES string of the molecule is CN=C(NCCc1ccc(OC)cc1)NCc1ccc(O)c(F)c1.I. The fourth-order valence-electron chi connectivity index (χ4n) is 2.18. The highest BCUT2D eigenvalue weighted by atomic mass is 127. The van der Waals surface area contributed by atoms with Crippen LogP contribution in [0.3, 0.4) is 0 Å². The van der Waals surface area contributed by atoms with E-state index in [1.165, 1.54) is 17.7 Å². The lowest BCUT2D eigenvalue weighted by Gasteiger charge is -2.12. The maximum atomic E-state index is 13.3. The molecule has 0 radical (unpaired) electrons. The fraction of sp³-hybridized carbons (Fsp3) is 0.278. The Morgan fingerprint density at radius 2 is 1.80 bits per heavy atom. The van der Waals surface area contributed by atoms with Crippen LogP contribution in [-0.2, 0) is 13.0 Å². The van der Waals surface area contributed by atoms with E-state index in [2.05, 4.69) is 15.6 Å². The lowest BCUT2D eigenvalue weighted by Crippen LogP contribution is -2.37. The van der Waals surface area contributed by atoms with Gasteiger partial charge in [-0.15, -0.1) is 24.0 Å². The molecule has 7 heteroatoms. The molecule has 2 aromatic carbocycles. The van der Waals surface area contributed by atoms with Gasteiger partial charge in [-0.05, 0) is 41.8 Å². The van der Waals surface area contributed by atoms with Crippen molar-refractivity contribution in [2.24, 2.45) is 4.99 Å². The van der Waals surface area contributed by atoms with Gasteiger partial charge in [-0.2, -0.15) is 0 Å². The van der Waals surface area contributed by atoms with Crippen molar-refractivity contribution in [2.45, 2.75) is 13.0 Å². The van der Waals surface area contributed by atoms with Gasteiger partial charge in [-0.1, -0.05) is 18.2 Å². The van der Waals surface area contributed by atoms with Crippen LogP contribution < -0.4 is 15.4 Å². The summed E-state index contributed by atoms with van der Waals surface area (Å²) in [5.41, 5.74) is 1.92. The average Bonchev–Trinajstić information content (AvgIpc) is 2.61. The molecule has 0 heterocycles. The summed E-state index contributed by atoms with van der Waals surface area (Å²) < 4.78 is 18.4. The van der Waals surface area contributed by atoms with Crippen LogP contribution in [0.15, 0.2) is 47.5 Å². The van der Waals surface area contributed by atoms with Crippen molar-refractivity contribution in [3.05, 3.63) is 59.4 Å². The van der Waals surface area contributed by atoms with E-state index in [1.807, 2.05) is 24.3 Å². The minimum absolute atomic E-state index is 0. The quantitative estimate of drug-likeness (QED) is 0.353. The number of aliphatic imine (C=N–C) groups is 1. The number of hydrogen-bond donors (Lipinski definition) is 3. The first kappa shape index (κ1) is 21.0. The Kier molecular flexibility index (Phi) is 9.04. The van der Waals surface area contributed by atoms with Crippen molar-refractivity contribution in [2.75, 3.05) is 20.7 Å². The van der Waals surface area contributed by atoms with Gasteiger partial charge in [-0.3, -0.25) is 4.99 Å². The van der Waals surface area contributed by atoms with Crippen molar-refractivity contribution >= 4 is 29.9 Å². The minimum Gasteiger partial charge on any atom is -0.505 e. The molecule has 0 atom stereocenters. The molecule has 0 aliphatic rings. The predicted molar refractivity (Wildman–Crippen MR) is 108 cm³/mol. The molecule has 136 valence electrons. The Hall–Kier alpha value is -2.03. The molecule has 0 aromatic heterocycles. The highest BCUT2D eigenvalue weighted by molar-refractivity contribution is 14.0. The monoisotopic (exact) mass is 459 g/mol. The second kappa shape index (κ2) is 10.8. The molecule has 2 rings (SSSR count). The molecule has 0 spiro atoms. The van der Waals surface area contributed by atoms with E-state index in [0.29, 0.717) is 12.5 Å². The summed E-state index contributed by atoms with van der Waals surface area (Å²) in [6, 6.07) is 12.2. The van der Waals surface area contributed by atoms with Crippen molar-refractivity contribution < 1.29 is 14.2 Å². The minimum atomic E-state index is -0.628. The van der Waals surface area contributed by atoms with Gasteiger partial charge in [0.25, 0.3) is 0 Å². The molecule has 0 saturated carbocycles. The van der Waals surface area contributed by atoms with Crippen molar-refractivity contribution in [1.82, 2.24) is 10.6 Å². The number of nitrogens with one attached hydrogen (secondary N) is 2. The van der Waals surface area contributed by atoms with Gasteiger partial charge in [0.2, 0.25) is 0 Å². The number of rotatable bonds is 6. The molecule has 25 heavy (non-hydrogen) atoms. The van der Waals surface area contributed by atoms with E-state index in [9.17, 15) is 9.50 Å². The van der Waals surface area contributed by atoms with Crippen LogP contribution in [0.2, 0.25) is 0 Å². The molecular formula is C18H23FIN3O2. The number of guanidine groups is 1. The highest BCUT2D eigenvalue weighted by Crippen LogP contribution is 2.15. The molecule has 5 nitrogen and oxygen atoms in total. The Morgan fingerprint density at radius 1 is 1.12 bits per heavy atom. The average molecular weight is 459 g/mol. The molecule has 3 N–H and O–H groups in total. The standard InChI is InChI=1S/C18H22FN3O2.HI/c1-20-18(22-12-14-5-8-17(23)16(19)11-14)21-10-9-13-3-6-15(24-2)7-4-13;/h3-8,11,23H,9-10,12H2,1-2H3,(H2,20,21,22);1H. The van der Waals surface area contributed by atoms with Crippen LogP contribution >= 0.6 is 24.0 Å². The van der Waals surface area contributed by atoms with Crippen LogP contribution in [0.25, 0.3) is 0 Å². The number of methoxy groups -OCH3 is 1. The lowest BCUT2D eigenvalue weighted by atomic mass is 10.1. The van der Waals surface area contributed by atoms with Crippen LogP contribution in [0, 0.1) is 5.82 Å². The van der Waals surface area contributed by atoms with Crippen LogP contribution in [-0.4, -0.2) is 31.8 Å². The summed E-state index contributed by atoms with van der Waals surface area (Å²) in [4.78, 5) is 4.13. The first-order chi connectivity index (χ1) is 11.6. The Morgan fingerprint density at radius 3 is 2.40 bits per heavy atom. The largest absolute Gasteiger partial charge is 0.505 e. The Balaban J connectivity index is 0.00000312. The maximum Gasteiger partial charge on any atom is 0.191 e. The summed E-state index contributed by atoms with van der Waals surface area (Å²) in [7, 11) is 3.33. The fourth-order valence-corrected chi connectivity index (χ4v) is 2.18. The number of hydrogen-bond acceptors (Lipinski definition) is 3. The van der Waals surface area contributed by atoms with Crippen molar-refractivity contribution in [3.8, 4) is 11.5 Å². The van der Waals surface area contributed by atoms with Crippen LogP contribution in [0.1, 0.15) is 11.1 Å². The molecule has 2 aromatic rings. The molecule has 0 saturated heterocycles. The first-order valence-corrected chi connectivity index (χ1v) is 7.67. The Bertz CT molecular complexity index is 693. The van der Waals surface area contributed by atoms with Gasteiger partial charge >= 0.3 is 0 Å². The summed E-state index contributed by atoms with van der Waals surface area (Å²) in [5, 5.41) is 15.5. The first-order valence-electron chi connectivity index (χ1n) is 7.67. The van der Waals surface area contributed by atoms with E-state index in [1.54, 1.807) is 20.2 Å². The molecule has 0 unspecified atom stereocenters. The van der Waals surface area contributed by atoms with Crippen LogP contribution in [0.4, 0.5) is 4.39 Å². The topological polar surface area (TPSA) is 65.9 Å². The van der Waals surface area contributed by atoms with Gasteiger partial charge in [-0.25, -0.2) is 4.39 Å². The van der Waals surface area contributed by atoms with E-state index in [-0.39, 0.29) is 29.7 Å². The van der Waals surface area contributed by atoms with E-state index >= 15 is 0 Å². The van der Waals surface area contributed by atoms with Gasteiger partial charge in [0.15, 0.2) is 17.5 Å². The maximum absolute atomic E-state index is 13.3. The number of phenolic OH excluding ortho intramolecular Hbond substituents is 1. The molecule has 0 aliphatic heterocycles. The summed E-state index contributed by atoms with van der Waals surface area (Å²) in [5.74, 6) is 0.500. The zero-order valence-electron chi connectivity index (χ0n) is 14.3. The third-order valence-corrected chi connectivity index (χ3v) is 3.56. The number of nitrogens with zero attached hydrogens (tertiary/aromatic N) is 1. The van der Waals surface area contributed by atoms with Gasteiger partial charge in [0.1, 0.15) is 5.75 Å². The Labute approximate surface area is 164 Å². The normalized spacial score (nSPS) is 10.8. The molecule has 0 bridgehead atoms.